The summed E-state index contributed by atoms with van der Waals surface area (Å²) in [5, 5.41) is 17.7. The molecule has 23 heavy (non-hydrogen) atoms. The number of imidazole rings is 1. The van der Waals surface area contributed by atoms with E-state index in [1.807, 2.05) is 49.6 Å². The summed E-state index contributed by atoms with van der Waals surface area (Å²) in [4.78, 5) is 16.6. The number of hydrogen-bond acceptors (Lipinski definition) is 5. The van der Waals surface area contributed by atoms with Gasteiger partial charge in [0.2, 0.25) is 0 Å². The lowest BCUT2D eigenvalue weighted by molar-refractivity contribution is 0.0692. The molecular formula is C16H14N4O2S. The van der Waals surface area contributed by atoms with Crippen LogP contribution in [0.3, 0.4) is 0 Å². The Kier molecular flexibility index (Phi) is 4.12. The first-order valence-electron chi connectivity index (χ1n) is 6.87. The van der Waals surface area contributed by atoms with Gasteiger partial charge in [0.25, 0.3) is 0 Å². The van der Waals surface area contributed by atoms with Crippen LogP contribution in [0, 0.1) is 6.92 Å². The number of hydrogen-bond donors (Lipinski definition) is 1. The van der Waals surface area contributed by atoms with Crippen LogP contribution in [0.25, 0.3) is 5.65 Å². The lowest BCUT2D eigenvalue weighted by Gasteiger charge is -2.01. The fourth-order valence-electron chi connectivity index (χ4n) is 2.25. The molecule has 0 bridgehead atoms. The number of benzene rings is 1. The summed E-state index contributed by atoms with van der Waals surface area (Å²) in [5.41, 5.74) is 1.93. The molecule has 0 spiro atoms. The van der Waals surface area contributed by atoms with Crippen LogP contribution in [-0.4, -0.2) is 26.7 Å². The Morgan fingerprint density at radius 2 is 2.00 bits per heavy atom. The number of azo groups is 1. The van der Waals surface area contributed by atoms with E-state index in [1.165, 1.54) is 0 Å². The molecule has 1 aromatic carbocycles. The Morgan fingerprint density at radius 3 is 2.74 bits per heavy atom. The number of aryl methyl sites for hydroxylation is 1. The number of nitrogens with zero attached hydrogens (tertiary/aromatic N) is 4. The SMILES string of the molecule is CSc1cccc(N=Nc2c(C(=O)O)nc3cccc(C)n23)c1. The minimum absolute atomic E-state index is 0.107. The molecule has 2 heterocycles. The van der Waals surface area contributed by atoms with E-state index >= 15 is 0 Å². The Bertz CT molecular complexity index is 918. The molecular weight excluding hydrogens is 312 g/mol. The molecule has 0 fully saturated rings. The van der Waals surface area contributed by atoms with Gasteiger partial charge in [-0.3, -0.25) is 4.40 Å². The van der Waals surface area contributed by atoms with Crippen LogP contribution in [0.5, 0.6) is 0 Å². The van der Waals surface area contributed by atoms with E-state index in [9.17, 15) is 9.90 Å². The number of aromatic nitrogens is 2. The summed E-state index contributed by atoms with van der Waals surface area (Å²) in [6, 6.07) is 13.0. The maximum atomic E-state index is 11.4. The van der Waals surface area contributed by atoms with Crippen LogP contribution in [0.1, 0.15) is 16.2 Å². The van der Waals surface area contributed by atoms with Gasteiger partial charge in [-0.05, 0) is 43.5 Å². The highest BCUT2D eigenvalue weighted by atomic mass is 32.2. The topological polar surface area (TPSA) is 79.3 Å². The minimum Gasteiger partial charge on any atom is -0.476 e. The number of aromatic carboxylic acids is 1. The van der Waals surface area contributed by atoms with E-state index in [-0.39, 0.29) is 11.5 Å². The molecule has 0 unspecified atom stereocenters. The Hall–Kier alpha value is -2.67. The van der Waals surface area contributed by atoms with Gasteiger partial charge in [-0.15, -0.1) is 22.0 Å². The lowest BCUT2D eigenvalue weighted by Crippen LogP contribution is -1.97. The summed E-state index contributed by atoms with van der Waals surface area (Å²) in [5.74, 6) is -0.903. The minimum atomic E-state index is -1.13. The highest BCUT2D eigenvalue weighted by Crippen LogP contribution is 2.27. The van der Waals surface area contributed by atoms with Crippen molar-refractivity contribution in [2.24, 2.45) is 10.2 Å². The molecule has 3 aromatic rings. The van der Waals surface area contributed by atoms with Gasteiger partial charge in [0, 0.05) is 10.6 Å². The van der Waals surface area contributed by atoms with Gasteiger partial charge in [-0.25, -0.2) is 9.78 Å². The molecule has 0 aliphatic rings. The highest BCUT2D eigenvalue weighted by molar-refractivity contribution is 7.98. The number of carbonyl (C=O) groups is 1. The molecule has 0 atom stereocenters. The number of carboxylic acid groups (broad SMARTS) is 1. The van der Waals surface area contributed by atoms with Gasteiger partial charge in [-0.2, -0.15) is 0 Å². The molecule has 0 saturated heterocycles. The average Bonchev–Trinajstić information content (AvgIpc) is 2.93. The van der Waals surface area contributed by atoms with Crippen LogP contribution < -0.4 is 0 Å². The highest BCUT2D eigenvalue weighted by Gasteiger charge is 2.19. The molecule has 3 rings (SSSR count). The molecule has 0 aliphatic heterocycles. The zero-order chi connectivity index (χ0) is 16.4. The maximum absolute atomic E-state index is 11.4. The molecule has 0 aliphatic carbocycles. The van der Waals surface area contributed by atoms with Crippen molar-refractivity contribution >= 4 is 34.9 Å². The van der Waals surface area contributed by atoms with E-state index < -0.39 is 5.97 Å². The van der Waals surface area contributed by atoms with Gasteiger partial charge in [0.05, 0.1) is 5.69 Å². The second-order valence-electron chi connectivity index (χ2n) is 4.85. The molecule has 0 radical (unpaired) electrons. The Balaban J connectivity index is 2.12. The zero-order valence-corrected chi connectivity index (χ0v) is 13.4. The molecule has 6 nitrogen and oxygen atoms in total. The summed E-state index contributed by atoms with van der Waals surface area (Å²) in [6.45, 7) is 1.87. The molecule has 0 amide bonds. The lowest BCUT2D eigenvalue weighted by atomic mass is 10.3. The standard InChI is InChI=1S/C16H14N4O2S/c1-10-5-3-8-13-17-14(16(21)22)15(20(10)13)19-18-11-6-4-7-12(9-11)23-2/h3-9H,1-2H3,(H,21,22). The van der Waals surface area contributed by atoms with Gasteiger partial charge in [0.1, 0.15) is 5.65 Å². The molecule has 2 aromatic heterocycles. The largest absolute Gasteiger partial charge is 0.476 e. The predicted octanol–water partition coefficient (Wildman–Crippen LogP) is 4.48. The second kappa shape index (κ2) is 6.21. The van der Waals surface area contributed by atoms with Crippen molar-refractivity contribution in [3.05, 3.63) is 53.9 Å². The van der Waals surface area contributed by atoms with Crippen molar-refractivity contribution in [1.29, 1.82) is 0 Å². The third-order valence-electron chi connectivity index (χ3n) is 3.33. The summed E-state index contributed by atoms with van der Waals surface area (Å²) < 4.78 is 1.69. The molecule has 0 saturated carbocycles. The van der Waals surface area contributed by atoms with E-state index in [1.54, 1.807) is 22.2 Å². The van der Waals surface area contributed by atoms with Crippen molar-refractivity contribution in [3.8, 4) is 0 Å². The quantitative estimate of drug-likeness (QED) is 0.566. The first kappa shape index (κ1) is 15.2. The van der Waals surface area contributed by atoms with Gasteiger partial charge < -0.3 is 5.11 Å². The first-order valence-corrected chi connectivity index (χ1v) is 8.10. The van der Waals surface area contributed by atoms with E-state index in [0.29, 0.717) is 11.3 Å². The third kappa shape index (κ3) is 2.95. The van der Waals surface area contributed by atoms with E-state index in [4.69, 9.17) is 0 Å². The molecule has 1 N–H and O–H groups in total. The summed E-state index contributed by atoms with van der Waals surface area (Å²) >= 11 is 1.61. The maximum Gasteiger partial charge on any atom is 0.358 e. The van der Waals surface area contributed by atoms with Crippen LogP contribution in [-0.2, 0) is 0 Å². The number of thioether (sulfide) groups is 1. The number of rotatable bonds is 4. The number of fused-ring (bicyclic) bond motifs is 1. The van der Waals surface area contributed by atoms with Gasteiger partial charge in [-0.1, -0.05) is 12.1 Å². The van der Waals surface area contributed by atoms with Crippen molar-refractivity contribution in [2.45, 2.75) is 11.8 Å². The van der Waals surface area contributed by atoms with Gasteiger partial charge in [0.15, 0.2) is 11.5 Å². The molecule has 116 valence electrons. The van der Waals surface area contributed by atoms with Crippen LogP contribution in [0.4, 0.5) is 11.5 Å². The zero-order valence-electron chi connectivity index (χ0n) is 12.6. The van der Waals surface area contributed by atoms with Crippen LogP contribution >= 0.6 is 11.8 Å². The van der Waals surface area contributed by atoms with E-state index in [2.05, 4.69) is 15.2 Å². The molecule has 7 heteroatoms. The van der Waals surface area contributed by atoms with E-state index in [0.717, 1.165) is 10.6 Å². The van der Waals surface area contributed by atoms with Gasteiger partial charge >= 0.3 is 5.97 Å². The van der Waals surface area contributed by atoms with Crippen molar-refractivity contribution < 1.29 is 9.90 Å². The Labute approximate surface area is 136 Å². The van der Waals surface area contributed by atoms with Crippen LogP contribution in [0.15, 0.2) is 57.6 Å². The van der Waals surface area contributed by atoms with Crippen LogP contribution in [0.2, 0.25) is 0 Å². The fourth-order valence-corrected chi connectivity index (χ4v) is 2.70. The summed E-state index contributed by atoms with van der Waals surface area (Å²) in [6.07, 6.45) is 1.98. The average molecular weight is 326 g/mol. The van der Waals surface area contributed by atoms with Crippen molar-refractivity contribution in [3.63, 3.8) is 0 Å². The smallest absolute Gasteiger partial charge is 0.358 e. The fraction of sp³-hybridized carbons (Fsp3) is 0.125. The second-order valence-corrected chi connectivity index (χ2v) is 5.73. The Morgan fingerprint density at radius 1 is 1.22 bits per heavy atom. The summed E-state index contributed by atoms with van der Waals surface area (Å²) in [7, 11) is 0. The third-order valence-corrected chi connectivity index (χ3v) is 4.06. The van der Waals surface area contributed by atoms with Crippen molar-refractivity contribution in [2.75, 3.05) is 6.26 Å². The predicted molar refractivity (Wildman–Crippen MR) is 89.3 cm³/mol. The number of pyridine rings is 1. The number of carboxylic acids is 1. The monoisotopic (exact) mass is 326 g/mol. The van der Waals surface area contributed by atoms with Crippen molar-refractivity contribution in [1.82, 2.24) is 9.38 Å². The normalized spacial score (nSPS) is 11.4. The first-order chi connectivity index (χ1) is 11.1.